The Bertz CT molecular complexity index is 1280. The summed E-state index contributed by atoms with van der Waals surface area (Å²) in [7, 11) is 0. The van der Waals surface area contributed by atoms with Gasteiger partial charge in [0.2, 0.25) is 0 Å². The standard InChI is InChI=1S/C36H38O4/c1-35(2,3)39-33(37)25-23-31-19-15-29(16-20-31)13-11-27-7-9-28(10-8-27)12-14-30-17-21-32(22-18-30)24-26-34(38)40-36(4,5)6/h7-26H,1-6H3/b13-11+,14-12+,25-23+,26-24+. The summed E-state index contributed by atoms with van der Waals surface area (Å²) in [5.41, 5.74) is 5.23. The number of rotatable bonds is 8. The van der Waals surface area contributed by atoms with E-state index in [0.29, 0.717) is 0 Å². The van der Waals surface area contributed by atoms with Gasteiger partial charge in [0.25, 0.3) is 0 Å². The van der Waals surface area contributed by atoms with Crippen LogP contribution in [0.5, 0.6) is 0 Å². The van der Waals surface area contributed by atoms with Gasteiger partial charge in [-0.3, -0.25) is 0 Å². The van der Waals surface area contributed by atoms with Crippen molar-refractivity contribution in [1.29, 1.82) is 0 Å². The Hall–Kier alpha value is -4.44. The molecule has 40 heavy (non-hydrogen) atoms. The van der Waals surface area contributed by atoms with E-state index in [1.165, 1.54) is 12.2 Å². The van der Waals surface area contributed by atoms with Crippen molar-refractivity contribution in [3.05, 3.63) is 118 Å². The molecular weight excluding hydrogens is 496 g/mol. The zero-order valence-corrected chi connectivity index (χ0v) is 24.2. The molecule has 0 aliphatic heterocycles. The quantitative estimate of drug-likeness (QED) is 0.165. The molecule has 0 aliphatic carbocycles. The lowest BCUT2D eigenvalue weighted by Crippen LogP contribution is -2.22. The van der Waals surface area contributed by atoms with Gasteiger partial charge in [0.05, 0.1) is 0 Å². The number of hydrogen-bond donors (Lipinski definition) is 0. The van der Waals surface area contributed by atoms with E-state index in [0.717, 1.165) is 33.4 Å². The molecule has 0 fully saturated rings. The maximum absolute atomic E-state index is 11.8. The van der Waals surface area contributed by atoms with E-state index in [4.69, 9.17) is 9.47 Å². The summed E-state index contributed by atoms with van der Waals surface area (Å²) in [5.74, 6) is -0.700. The molecule has 0 radical (unpaired) electrons. The van der Waals surface area contributed by atoms with Crippen molar-refractivity contribution >= 4 is 48.4 Å². The smallest absolute Gasteiger partial charge is 0.331 e. The molecular formula is C36H38O4. The average Bonchev–Trinajstić information content (AvgIpc) is 2.88. The highest BCUT2D eigenvalue weighted by atomic mass is 16.6. The molecule has 3 rings (SSSR count). The van der Waals surface area contributed by atoms with Crippen LogP contribution in [-0.2, 0) is 19.1 Å². The molecule has 0 N–H and O–H groups in total. The molecule has 0 unspecified atom stereocenters. The predicted octanol–water partition coefficient (Wildman–Crippen LogP) is 8.74. The zero-order chi connectivity index (χ0) is 29.2. The lowest BCUT2D eigenvalue weighted by atomic mass is 10.1. The minimum Gasteiger partial charge on any atom is -0.457 e. The average molecular weight is 535 g/mol. The number of hydrogen-bond acceptors (Lipinski definition) is 4. The number of esters is 2. The van der Waals surface area contributed by atoms with Gasteiger partial charge >= 0.3 is 11.9 Å². The fraction of sp³-hybridized carbons (Fsp3) is 0.222. The minimum absolute atomic E-state index is 0.350. The van der Waals surface area contributed by atoms with Crippen molar-refractivity contribution < 1.29 is 19.1 Å². The SMILES string of the molecule is CC(C)(C)OC(=O)/C=C/c1ccc(/C=C/c2ccc(/C=C/c3ccc(/C=C/C(=O)OC(C)(C)C)cc3)cc2)cc1. The lowest BCUT2D eigenvalue weighted by Gasteiger charge is -2.17. The fourth-order valence-electron chi connectivity index (χ4n) is 3.54. The highest BCUT2D eigenvalue weighted by molar-refractivity contribution is 5.88. The van der Waals surface area contributed by atoms with Crippen LogP contribution in [0.1, 0.15) is 74.9 Å². The molecule has 0 aromatic heterocycles. The zero-order valence-electron chi connectivity index (χ0n) is 24.2. The first-order valence-corrected chi connectivity index (χ1v) is 13.3. The molecule has 3 aromatic carbocycles. The number of carbonyl (C=O) groups is 2. The molecule has 0 atom stereocenters. The van der Waals surface area contributed by atoms with Crippen LogP contribution in [0, 0.1) is 0 Å². The molecule has 3 aromatic rings. The molecule has 4 heteroatoms. The van der Waals surface area contributed by atoms with Crippen molar-refractivity contribution in [1.82, 2.24) is 0 Å². The van der Waals surface area contributed by atoms with Crippen molar-refractivity contribution in [3.8, 4) is 0 Å². The molecule has 206 valence electrons. The first kappa shape index (κ1) is 30.1. The maximum atomic E-state index is 11.8. The van der Waals surface area contributed by atoms with Gasteiger partial charge in [-0.2, -0.15) is 0 Å². The van der Waals surface area contributed by atoms with E-state index in [-0.39, 0.29) is 11.9 Å². The van der Waals surface area contributed by atoms with Crippen molar-refractivity contribution in [2.45, 2.75) is 52.7 Å². The van der Waals surface area contributed by atoms with Crippen LogP contribution in [0.15, 0.2) is 84.9 Å². The molecule has 0 saturated heterocycles. The number of ether oxygens (including phenoxy) is 2. The van der Waals surface area contributed by atoms with Crippen molar-refractivity contribution in [3.63, 3.8) is 0 Å². The van der Waals surface area contributed by atoms with Gasteiger partial charge in [0.15, 0.2) is 0 Å². The molecule has 0 amide bonds. The first-order valence-electron chi connectivity index (χ1n) is 13.3. The normalized spacial score (nSPS) is 12.6. The van der Waals surface area contributed by atoms with Crippen LogP contribution in [0.3, 0.4) is 0 Å². The lowest BCUT2D eigenvalue weighted by molar-refractivity contribution is -0.149. The van der Waals surface area contributed by atoms with E-state index < -0.39 is 11.2 Å². The summed E-state index contributed by atoms with van der Waals surface area (Å²) < 4.78 is 10.6. The number of benzene rings is 3. The first-order chi connectivity index (χ1) is 18.8. The molecule has 0 bridgehead atoms. The molecule has 0 spiro atoms. The monoisotopic (exact) mass is 534 g/mol. The summed E-state index contributed by atoms with van der Waals surface area (Å²) in [6, 6.07) is 24.3. The third kappa shape index (κ3) is 11.5. The largest absolute Gasteiger partial charge is 0.457 e. The Morgan fingerprint density at radius 1 is 0.425 bits per heavy atom. The number of carbonyl (C=O) groups excluding carboxylic acids is 2. The Kier molecular flexibility index (Phi) is 10.2. The van der Waals surface area contributed by atoms with E-state index in [1.54, 1.807) is 12.2 Å². The van der Waals surface area contributed by atoms with Crippen LogP contribution in [0.2, 0.25) is 0 Å². The third-order valence-electron chi connectivity index (χ3n) is 5.38. The van der Waals surface area contributed by atoms with Gasteiger partial charge in [-0.1, -0.05) is 97.1 Å². The van der Waals surface area contributed by atoms with Crippen LogP contribution in [-0.4, -0.2) is 23.1 Å². The Balaban J connectivity index is 1.52. The third-order valence-corrected chi connectivity index (χ3v) is 5.38. The fourth-order valence-corrected chi connectivity index (χ4v) is 3.54. The van der Waals surface area contributed by atoms with Crippen LogP contribution in [0.25, 0.3) is 36.5 Å². The van der Waals surface area contributed by atoms with Gasteiger partial charge in [-0.05, 0) is 87.1 Å². The maximum Gasteiger partial charge on any atom is 0.331 e. The minimum atomic E-state index is -0.499. The summed E-state index contributed by atoms with van der Waals surface area (Å²) in [6.07, 6.45) is 14.7. The molecule has 0 heterocycles. The summed E-state index contributed by atoms with van der Waals surface area (Å²) >= 11 is 0. The Morgan fingerprint density at radius 3 is 0.825 bits per heavy atom. The highest BCUT2D eigenvalue weighted by Crippen LogP contribution is 2.15. The second-order valence-electron chi connectivity index (χ2n) is 11.4. The van der Waals surface area contributed by atoms with E-state index in [1.807, 2.05) is 90.1 Å². The Morgan fingerprint density at radius 2 is 0.625 bits per heavy atom. The van der Waals surface area contributed by atoms with Gasteiger partial charge in [-0.15, -0.1) is 0 Å². The van der Waals surface area contributed by atoms with Crippen LogP contribution < -0.4 is 0 Å². The topological polar surface area (TPSA) is 52.6 Å². The van der Waals surface area contributed by atoms with E-state index in [9.17, 15) is 9.59 Å². The summed E-state index contributed by atoms with van der Waals surface area (Å²) in [4.78, 5) is 23.7. The summed E-state index contributed by atoms with van der Waals surface area (Å²) in [6.45, 7) is 11.1. The van der Waals surface area contributed by atoms with Crippen molar-refractivity contribution in [2.24, 2.45) is 0 Å². The van der Waals surface area contributed by atoms with E-state index in [2.05, 4.69) is 48.6 Å². The predicted molar refractivity (Wildman–Crippen MR) is 167 cm³/mol. The van der Waals surface area contributed by atoms with Crippen molar-refractivity contribution in [2.75, 3.05) is 0 Å². The second kappa shape index (κ2) is 13.6. The van der Waals surface area contributed by atoms with Gasteiger partial charge in [0, 0.05) is 12.2 Å². The van der Waals surface area contributed by atoms with E-state index >= 15 is 0 Å². The highest BCUT2D eigenvalue weighted by Gasteiger charge is 2.14. The Labute approximate surface area is 238 Å². The van der Waals surface area contributed by atoms with Gasteiger partial charge in [-0.25, -0.2) is 9.59 Å². The molecule has 0 aliphatic rings. The summed E-state index contributed by atoms with van der Waals surface area (Å²) in [5, 5.41) is 0. The van der Waals surface area contributed by atoms with Crippen LogP contribution >= 0.6 is 0 Å². The van der Waals surface area contributed by atoms with Gasteiger partial charge in [0.1, 0.15) is 11.2 Å². The molecule has 4 nitrogen and oxygen atoms in total. The second-order valence-corrected chi connectivity index (χ2v) is 11.4. The van der Waals surface area contributed by atoms with Gasteiger partial charge < -0.3 is 9.47 Å². The van der Waals surface area contributed by atoms with Crippen LogP contribution in [0.4, 0.5) is 0 Å². The molecule has 0 saturated carbocycles.